The van der Waals surface area contributed by atoms with Crippen LogP contribution in [0.1, 0.15) is 11.1 Å². The first kappa shape index (κ1) is 17.2. The molecule has 0 bridgehead atoms. The molecule has 0 saturated carbocycles. The van der Waals surface area contributed by atoms with Gasteiger partial charge >= 0.3 is 17.1 Å². The van der Waals surface area contributed by atoms with Gasteiger partial charge in [-0.1, -0.05) is 59.3 Å². The van der Waals surface area contributed by atoms with Crippen molar-refractivity contribution < 1.29 is 13.7 Å². The van der Waals surface area contributed by atoms with Gasteiger partial charge in [0.15, 0.2) is 0 Å². The van der Waals surface area contributed by atoms with Crippen LogP contribution in [0.2, 0.25) is 13.1 Å². The van der Waals surface area contributed by atoms with E-state index < -0.39 is 17.1 Å². The van der Waals surface area contributed by atoms with Crippen molar-refractivity contribution >= 4 is 17.1 Å². The Bertz CT molecular complexity index is 696. The third-order valence-electron chi connectivity index (χ3n) is 2.82. The molecule has 0 amide bonds. The van der Waals surface area contributed by atoms with E-state index in [0.717, 1.165) is 11.1 Å². The number of rotatable bonds is 2. The van der Waals surface area contributed by atoms with Crippen molar-refractivity contribution in [1.29, 1.82) is 0 Å². The zero-order valence-electron chi connectivity index (χ0n) is 13.1. The maximum atomic E-state index is 10.4. The van der Waals surface area contributed by atoms with Gasteiger partial charge in [0, 0.05) is 11.1 Å². The van der Waals surface area contributed by atoms with E-state index in [1.54, 1.807) is 0 Å². The molecule has 0 saturated heterocycles. The summed E-state index contributed by atoms with van der Waals surface area (Å²) in [5.41, 5.74) is 7.10. The van der Waals surface area contributed by atoms with Gasteiger partial charge in [0.05, 0.1) is 0 Å². The molecule has 2 atom stereocenters. The van der Waals surface area contributed by atoms with E-state index >= 15 is 0 Å². The van der Waals surface area contributed by atoms with Crippen LogP contribution in [0.5, 0.6) is 0 Å². The molecule has 0 aliphatic rings. The van der Waals surface area contributed by atoms with E-state index in [1.165, 1.54) is 13.1 Å². The van der Waals surface area contributed by atoms with Crippen LogP contribution in [0.3, 0.4) is 0 Å². The Hall–Kier alpha value is -2.13. The topological polar surface area (TPSA) is 49.7 Å². The molecule has 0 aliphatic carbocycles. The molecular weight excluding hydrogens is 320 g/mol. The van der Waals surface area contributed by atoms with Crippen LogP contribution in [0, 0.1) is 22.9 Å². The van der Waals surface area contributed by atoms with Crippen LogP contribution in [-0.2, 0) is 4.12 Å². The zero-order chi connectivity index (χ0) is 16.8. The fraction of sp³-hybridized carbons (Fsp3) is 0.111. The third-order valence-corrected chi connectivity index (χ3v) is 7.18. The van der Waals surface area contributed by atoms with Crippen molar-refractivity contribution in [2.24, 2.45) is 0 Å². The molecule has 0 heterocycles. The molecule has 23 heavy (non-hydrogen) atoms. The summed E-state index contributed by atoms with van der Waals surface area (Å²) < 4.78 is 5.51. The van der Waals surface area contributed by atoms with E-state index in [4.69, 9.17) is 4.12 Å². The minimum absolute atomic E-state index is 0.792. The lowest BCUT2D eigenvalue weighted by Crippen LogP contribution is -2.47. The average molecular weight is 339 g/mol. The first-order chi connectivity index (χ1) is 10.9. The van der Waals surface area contributed by atoms with Crippen LogP contribution >= 0.6 is 0 Å². The van der Waals surface area contributed by atoms with Gasteiger partial charge in [-0.05, 0) is 37.4 Å². The van der Waals surface area contributed by atoms with Gasteiger partial charge in [0.25, 0.3) is 0 Å². The van der Waals surface area contributed by atoms with Crippen LogP contribution in [-0.4, -0.2) is 26.7 Å². The summed E-state index contributed by atoms with van der Waals surface area (Å²) in [5.74, 6) is 5.76. The van der Waals surface area contributed by atoms with Crippen LogP contribution in [0.25, 0.3) is 0 Å². The number of hydrogen-bond donors (Lipinski definition) is 2. The number of benzene rings is 2. The fourth-order valence-electron chi connectivity index (χ4n) is 1.86. The van der Waals surface area contributed by atoms with Gasteiger partial charge in [-0.15, -0.1) is 0 Å². The average Bonchev–Trinajstić information content (AvgIpc) is 2.52. The Balaban J connectivity index is 2.10. The van der Waals surface area contributed by atoms with Crippen LogP contribution in [0.4, 0.5) is 0 Å². The molecule has 0 radical (unpaired) electrons. The molecule has 2 rings (SSSR count). The summed E-state index contributed by atoms with van der Waals surface area (Å²) in [6, 6.07) is 18.7. The first-order valence-corrected chi connectivity index (χ1v) is 11.9. The normalized spacial score (nSPS) is 15.1. The lowest BCUT2D eigenvalue weighted by Gasteiger charge is -2.21. The fourth-order valence-corrected chi connectivity index (χ4v) is 6.11. The third kappa shape index (κ3) is 6.25. The lowest BCUT2D eigenvalue weighted by molar-refractivity contribution is 0.336. The minimum Gasteiger partial charge on any atom is -0.402 e. The van der Waals surface area contributed by atoms with Crippen molar-refractivity contribution in [3.05, 3.63) is 71.8 Å². The summed E-state index contributed by atoms with van der Waals surface area (Å²) in [7, 11) is -6.62. The van der Waals surface area contributed by atoms with Crippen molar-refractivity contribution in [2.45, 2.75) is 13.1 Å². The van der Waals surface area contributed by atoms with Gasteiger partial charge in [-0.3, -0.25) is 0 Å². The second-order valence-electron chi connectivity index (χ2n) is 5.30. The predicted molar refractivity (Wildman–Crippen MR) is 95.4 cm³/mol. The SMILES string of the molecule is C[Si](O)(C#Cc1ccccc1)O[Si](C)(O)C#Cc1ccccc1. The standard InChI is InChI=1S/C18H18O3Si2/c1-22(19,15-13-17-9-5-3-6-10-17)21-23(2,20)16-14-18-11-7-4-8-12-18/h3-12,19-20H,1-2H3. The summed E-state index contributed by atoms with van der Waals surface area (Å²) in [6.07, 6.45) is 0. The van der Waals surface area contributed by atoms with Crippen molar-refractivity contribution in [3.63, 3.8) is 0 Å². The quantitative estimate of drug-likeness (QED) is 0.653. The first-order valence-electron chi connectivity index (χ1n) is 7.18. The summed E-state index contributed by atoms with van der Waals surface area (Å²) in [5, 5.41) is 0. The van der Waals surface area contributed by atoms with E-state index in [1.807, 2.05) is 60.7 Å². The molecule has 3 nitrogen and oxygen atoms in total. The molecule has 2 aromatic carbocycles. The highest BCUT2D eigenvalue weighted by molar-refractivity contribution is 6.86. The largest absolute Gasteiger partial charge is 0.410 e. The molecule has 5 heteroatoms. The minimum atomic E-state index is -3.31. The van der Waals surface area contributed by atoms with Gasteiger partial charge < -0.3 is 13.7 Å². The van der Waals surface area contributed by atoms with E-state index in [9.17, 15) is 9.59 Å². The Morgan fingerprint density at radius 2 is 1.04 bits per heavy atom. The Morgan fingerprint density at radius 1 is 0.696 bits per heavy atom. The summed E-state index contributed by atoms with van der Waals surface area (Å²) in [4.78, 5) is 20.7. The van der Waals surface area contributed by atoms with Crippen LogP contribution in [0.15, 0.2) is 60.7 Å². The molecule has 0 fully saturated rings. The molecule has 2 unspecified atom stereocenters. The Kier molecular flexibility index (Phi) is 5.56. The lowest BCUT2D eigenvalue weighted by atomic mass is 10.2. The highest BCUT2D eigenvalue weighted by Gasteiger charge is 2.37. The Labute approximate surface area is 139 Å². The molecule has 2 aromatic rings. The smallest absolute Gasteiger partial charge is 0.402 e. The second-order valence-corrected chi connectivity index (χ2v) is 10.5. The monoisotopic (exact) mass is 338 g/mol. The van der Waals surface area contributed by atoms with Gasteiger partial charge in [0.2, 0.25) is 0 Å². The van der Waals surface area contributed by atoms with Crippen molar-refractivity contribution in [2.75, 3.05) is 0 Å². The van der Waals surface area contributed by atoms with Gasteiger partial charge in [0.1, 0.15) is 0 Å². The number of hydrogen-bond acceptors (Lipinski definition) is 3. The van der Waals surface area contributed by atoms with Crippen molar-refractivity contribution in [1.82, 2.24) is 0 Å². The molecule has 116 valence electrons. The van der Waals surface area contributed by atoms with E-state index in [-0.39, 0.29) is 0 Å². The molecule has 2 N–H and O–H groups in total. The van der Waals surface area contributed by atoms with Crippen LogP contribution < -0.4 is 0 Å². The highest BCUT2D eigenvalue weighted by Crippen LogP contribution is 2.09. The summed E-state index contributed by atoms with van der Waals surface area (Å²) in [6.45, 7) is 3.07. The highest BCUT2D eigenvalue weighted by atomic mass is 28.5. The summed E-state index contributed by atoms with van der Waals surface area (Å²) >= 11 is 0. The van der Waals surface area contributed by atoms with E-state index in [2.05, 4.69) is 22.9 Å². The second kappa shape index (κ2) is 7.43. The van der Waals surface area contributed by atoms with E-state index in [0.29, 0.717) is 0 Å². The van der Waals surface area contributed by atoms with Gasteiger partial charge in [-0.2, -0.15) is 0 Å². The Morgan fingerprint density at radius 3 is 1.39 bits per heavy atom. The molecule has 0 aromatic heterocycles. The van der Waals surface area contributed by atoms with Crippen molar-refractivity contribution in [3.8, 4) is 22.9 Å². The molecule has 0 aliphatic heterocycles. The maximum absolute atomic E-state index is 10.4. The maximum Gasteiger partial charge on any atom is 0.410 e. The zero-order valence-corrected chi connectivity index (χ0v) is 15.1. The predicted octanol–water partition coefficient (Wildman–Crippen LogP) is 2.31. The van der Waals surface area contributed by atoms with Gasteiger partial charge in [-0.25, -0.2) is 0 Å². The molecular formula is C18H18O3Si2. The molecule has 0 spiro atoms.